The monoisotopic (exact) mass is 464 g/mol. The predicted molar refractivity (Wildman–Crippen MR) is 130 cm³/mol. The number of ether oxygens (including phenoxy) is 1. The van der Waals surface area contributed by atoms with Gasteiger partial charge in [-0.05, 0) is 49.2 Å². The van der Waals surface area contributed by atoms with E-state index in [0.29, 0.717) is 28.0 Å². The number of amides is 1. The van der Waals surface area contributed by atoms with Crippen LogP contribution in [0.4, 0.5) is 28.8 Å². The van der Waals surface area contributed by atoms with Crippen LogP contribution in [0.25, 0.3) is 0 Å². The molecular weight excluding hydrogens is 440 g/mol. The lowest BCUT2D eigenvalue weighted by Crippen LogP contribution is -2.36. The Kier molecular flexibility index (Phi) is 6.28. The topological polar surface area (TPSA) is 91.4 Å². The zero-order valence-electron chi connectivity index (χ0n) is 18.1. The molecule has 3 aromatic rings. The van der Waals surface area contributed by atoms with Gasteiger partial charge in [0.2, 0.25) is 5.95 Å². The van der Waals surface area contributed by atoms with Gasteiger partial charge in [0, 0.05) is 30.5 Å². The van der Waals surface area contributed by atoms with Crippen molar-refractivity contribution in [2.45, 2.75) is 18.9 Å². The van der Waals surface area contributed by atoms with Gasteiger partial charge in [0.05, 0.1) is 30.7 Å². The fraction of sp³-hybridized carbons (Fsp3) is 0.292. The van der Waals surface area contributed by atoms with E-state index in [1.54, 1.807) is 6.07 Å². The van der Waals surface area contributed by atoms with Crippen molar-refractivity contribution in [1.82, 2.24) is 15.3 Å². The van der Waals surface area contributed by atoms with Crippen LogP contribution < -0.4 is 20.9 Å². The molecule has 1 amide bonds. The van der Waals surface area contributed by atoms with Gasteiger partial charge in [0.15, 0.2) is 5.82 Å². The molecule has 2 aliphatic rings. The van der Waals surface area contributed by atoms with Crippen molar-refractivity contribution in [2.75, 3.05) is 41.8 Å². The van der Waals surface area contributed by atoms with Crippen molar-refractivity contribution in [3.05, 3.63) is 65.3 Å². The van der Waals surface area contributed by atoms with Gasteiger partial charge >= 0.3 is 0 Å². The average Bonchev–Trinajstić information content (AvgIpc) is 3.66. The number of rotatable bonds is 7. The van der Waals surface area contributed by atoms with Crippen LogP contribution >= 0.6 is 11.6 Å². The summed E-state index contributed by atoms with van der Waals surface area (Å²) in [5.41, 5.74) is 3.21. The van der Waals surface area contributed by atoms with Gasteiger partial charge in [-0.15, -0.1) is 0 Å². The molecule has 3 N–H and O–H groups in total. The van der Waals surface area contributed by atoms with Crippen LogP contribution in [0.2, 0.25) is 5.02 Å². The summed E-state index contributed by atoms with van der Waals surface area (Å²) in [6, 6.07) is 15.7. The van der Waals surface area contributed by atoms with Crippen LogP contribution in [0, 0.1) is 0 Å². The smallest absolute Gasteiger partial charge is 0.253 e. The summed E-state index contributed by atoms with van der Waals surface area (Å²) in [5, 5.41) is 9.78. The first-order chi connectivity index (χ1) is 16.2. The molecule has 1 saturated carbocycles. The molecule has 8 nitrogen and oxygen atoms in total. The van der Waals surface area contributed by atoms with Crippen LogP contribution in [-0.4, -0.2) is 48.2 Å². The lowest BCUT2D eigenvalue weighted by atomic mass is 10.1. The molecule has 0 bridgehead atoms. The summed E-state index contributed by atoms with van der Waals surface area (Å²) in [4.78, 5) is 23.7. The molecule has 0 atom stereocenters. The van der Waals surface area contributed by atoms with Crippen molar-refractivity contribution in [3.63, 3.8) is 0 Å². The number of benzene rings is 2. The molecule has 0 unspecified atom stereocenters. The van der Waals surface area contributed by atoms with E-state index in [0.717, 1.165) is 50.5 Å². The largest absolute Gasteiger partial charge is 0.378 e. The minimum absolute atomic E-state index is 0.107. The summed E-state index contributed by atoms with van der Waals surface area (Å²) >= 11 is 6.35. The number of nitrogens with zero attached hydrogens (tertiary/aromatic N) is 3. The second-order valence-electron chi connectivity index (χ2n) is 8.08. The highest BCUT2D eigenvalue weighted by molar-refractivity contribution is 6.33. The molecule has 1 aliphatic carbocycles. The van der Waals surface area contributed by atoms with E-state index >= 15 is 0 Å². The predicted octanol–water partition coefficient (Wildman–Crippen LogP) is 4.35. The van der Waals surface area contributed by atoms with E-state index < -0.39 is 0 Å². The summed E-state index contributed by atoms with van der Waals surface area (Å²) in [7, 11) is 0. The first kappa shape index (κ1) is 21.5. The summed E-state index contributed by atoms with van der Waals surface area (Å²) in [6.07, 6.45) is 3.59. The van der Waals surface area contributed by atoms with Crippen molar-refractivity contribution in [1.29, 1.82) is 0 Å². The Balaban J connectivity index is 1.30. The highest BCUT2D eigenvalue weighted by Crippen LogP contribution is 2.28. The molecule has 2 fully saturated rings. The number of anilines is 5. The first-order valence-corrected chi connectivity index (χ1v) is 11.4. The lowest BCUT2D eigenvalue weighted by Gasteiger charge is -2.28. The maximum atomic E-state index is 12.6. The number of hydrogen-bond acceptors (Lipinski definition) is 7. The second kappa shape index (κ2) is 9.64. The zero-order chi connectivity index (χ0) is 22.6. The van der Waals surface area contributed by atoms with E-state index in [9.17, 15) is 4.79 Å². The van der Waals surface area contributed by atoms with Gasteiger partial charge in [0.25, 0.3) is 5.91 Å². The minimum Gasteiger partial charge on any atom is -0.378 e. The number of morpholine rings is 1. The SMILES string of the molecule is O=C(NC1CC1)c1ccccc1Nc1nc(Nc2ccc(N3CCOCC3)cc2)ncc1Cl. The lowest BCUT2D eigenvalue weighted by molar-refractivity contribution is 0.0952. The van der Waals surface area contributed by atoms with Gasteiger partial charge in [-0.25, -0.2) is 4.98 Å². The summed E-state index contributed by atoms with van der Waals surface area (Å²) < 4.78 is 5.42. The van der Waals surface area contributed by atoms with E-state index in [1.807, 2.05) is 30.3 Å². The third-order valence-corrected chi connectivity index (χ3v) is 5.86. The summed E-state index contributed by atoms with van der Waals surface area (Å²) in [5.74, 6) is 0.719. The van der Waals surface area contributed by atoms with Crippen LogP contribution in [0.15, 0.2) is 54.7 Å². The number of halogens is 1. The Bertz CT molecular complexity index is 1130. The maximum Gasteiger partial charge on any atom is 0.253 e. The average molecular weight is 465 g/mol. The number of carbonyl (C=O) groups excluding carboxylic acids is 1. The molecule has 0 spiro atoms. The van der Waals surface area contributed by atoms with Crippen molar-refractivity contribution in [2.24, 2.45) is 0 Å². The number of nitrogens with one attached hydrogen (secondary N) is 3. The Hall–Kier alpha value is -3.36. The van der Waals surface area contributed by atoms with Crippen molar-refractivity contribution >= 4 is 46.3 Å². The van der Waals surface area contributed by atoms with Crippen LogP contribution in [0.3, 0.4) is 0 Å². The number of hydrogen-bond donors (Lipinski definition) is 3. The normalized spacial score (nSPS) is 15.7. The standard InChI is InChI=1S/C24H25ClN6O2/c25-20-15-26-24(28-17-7-9-18(10-8-17)31-11-13-33-14-12-31)30-22(20)29-21-4-2-1-3-19(21)23(32)27-16-5-6-16/h1-4,7-10,15-16H,5-6,11-14H2,(H,27,32)(H2,26,28,29,30). The second-order valence-corrected chi connectivity index (χ2v) is 8.49. The Morgan fingerprint density at radius 2 is 1.79 bits per heavy atom. The molecule has 9 heteroatoms. The molecule has 33 heavy (non-hydrogen) atoms. The molecule has 2 aromatic carbocycles. The molecule has 170 valence electrons. The fourth-order valence-electron chi connectivity index (χ4n) is 3.63. The molecule has 0 radical (unpaired) electrons. The molecule has 1 saturated heterocycles. The molecule has 1 aliphatic heterocycles. The number of para-hydroxylation sites is 1. The first-order valence-electron chi connectivity index (χ1n) is 11.0. The number of aromatic nitrogens is 2. The van der Waals surface area contributed by atoms with Crippen LogP contribution in [-0.2, 0) is 4.74 Å². The third-order valence-electron chi connectivity index (χ3n) is 5.58. The van der Waals surface area contributed by atoms with Gasteiger partial charge < -0.3 is 25.6 Å². The van der Waals surface area contributed by atoms with Gasteiger partial charge in [-0.2, -0.15) is 4.98 Å². The highest BCUT2D eigenvalue weighted by Gasteiger charge is 2.25. The zero-order valence-corrected chi connectivity index (χ0v) is 18.8. The third kappa shape index (κ3) is 5.35. The maximum absolute atomic E-state index is 12.6. The summed E-state index contributed by atoms with van der Waals surface area (Å²) in [6.45, 7) is 3.28. The molecule has 1 aromatic heterocycles. The van der Waals surface area contributed by atoms with Crippen LogP contribution in [0.1, 0.15) is 23.2 Å². The molecular formula is C24H25ClN6O2. The Morgan fingerprint density at radius 1 is 1.03 bits per heavy atom. The van der Waals surface area contributed by atoms with E-state index in [1.165, 1.54) is 6.20 Å². The van der Waals surface area contributed by atoms with Gasteiger partial charge in [-0.1, -0.05) is 23.7 Å². The van der Waals surface area contributed by atoms with Crippen molar-refractivity contribution < 1.29 is 9.53 Å². The van der Waals surface area contributed by atoms with Crippen LogP contribution in [0.5, 0.6) is 0 Å². The molecule has 5 rings (SSSR count). The Morgan fingerprint density at radius 3 is 2.55 bits per heavy atom. The van der Waals surface area contributed by atoms with Crippen molar-refractivity contribution in [3.8, 4) is 0 Å². The fourth-order valence-corrected chi connectivity index (χ4v) is 3.77. The van der Waals surface area contributed by atoms with E-state index in [4.69, 9.17) is 16.3 Å². The van der Waals surface area contributed by atoms with E-state index in [-0.39, 0.29) is 11.9 Å². The Labute approximate surface area is 197 Å². The quantitative estimate of drug-likeness (QED) is 0.479. The van der Waals surface area contributed by atoms with E-state index in [2.05, 4.69) is 43.0 Å². The number of carbonyl (C=O) groups is 1. The minimum atomic E-state index is -0.107. The van der Waals surface area contributed by atoms with Gasteiger partial charge in [0.1, 0.15) is 5.02 Å². The molecule has 2 heterocycles. The van der Waals surface area contributed by atoms with Gasteiger partial charge in [-0.3, -0.25) is 4.79 Å². The highest BCUT2D eigenvalue weighted by atomic mass is 35.5.